The average molecular weight is 163 g/mol. The summed E-state index contributed by atoms with van der Waals surface area (Å²) in [5, 5.41) is 23.4. The summed E-state index contributed by atoms with van der Waals surface area (Å²) in [6, 6.07) is 0. The van der Waals surface area contributed by atoms with Gasteiger partial charge in [0.2, 0.25) is 0 Å². The molecule has 2 unspecified atom stereocenters. The lowest BCUT2D eigenvalue weighted by molar-refractivity contribution is 0.0475. The van der Waals surface area contributed by atoms with Crippen molar-refractivity contribution in [2.45, 2.75) is 19.4 Å². The topological polar surface area (TPSA) is 90.5 Å². The van der Waals surface area contributed by atoms with Crippen LogP contribution in [0.1, 0.15) is 6.92 Å². The highest BCUT2D eigenvalue weighted by molar-refractivity contribution is 4.59. The molecule has 0 rings (SSSR count). The fourth-order valence-corrected chi connectivity index (χ4v) is 0.630. The van der Waals surface area contributed by atoms with Crippen molar-refractivity contribution in [1.29, 1.82) is 0 Å². The van der Waals surface area contributed by atoms with Crippen molar-refractivity contribution in [2.75, 3.05) is 19.6 Å². The van der Waals surface area contributed by atoms with E-state index < -0.39 is 12.5 Å². The van der Waals surface area contributed by atoms with Gasteiger partial charge in [0.15, 0.2) is 0 Å². The molecule has 0 spiro atoms. The monoisotopic (exact) mass is 163 g/mol. The number of rotatable bonds is 6. The molecule has 6 N–H and O–H groups in total. The standard InChI is InChI=1S/C6H17N3O2/c1-2-8-4-6(11)9-5(10)3-7/h5-6,8-11H,2-4,7H2,1H3. The van der Waals surface area contributed by atoms with Crippen LogP contribution in [0.3, 0.4) is 0 Å². The Morgan fingerprint density at radius 3 is 2.45 bits per heavy atom. The molecule has 0 aromatic rings. The fourth-order valence-electron chi connectivity index (χ4n) is 0.630. The SMILES string of the molecule is CCNCC(O)NC(O)CN. The number of hydrogen-bond acceptors (Lipinski definition) is 5. The van der Waals surface area contributed by atoms with E-state index in [1.165, 1.54) is 0 Å². The minimum atomic E-state index is -0.830. The summed E-state index contributed by atoms with van der Waals surface area (Å²) < 4.78 is 0. The maximum atomic E-state index is 9.09. The molecule has 0 fully saturated rings. The molecule has 0 aliphatic carbocycles. The molecule has 0 aliphatic heterocycles. The summed E-state index contributed by atoms with van der Waals surface area (Å²) in [5.41, 5.74) is 5.10. The maximum Gasteiger partial charge on any atom is 0.119 e. The molecule has 0 bridgehead atoms. The van der Waals surface area contributed by atoms with E-state index in [1.54, 1.807) is 0 Å². The minimum Gasteiger partial charge on any atom is -0.377 e. The molecule has 5 heteroatoms. The highest BCUT2D eigenvalue weighted by Gasteiger charge is 2.06. The Labute approximate surface area is 66.6 Å². The smallest absolute Gasteiger partial charge is 0.119 e. The molecule has 0 aromatic heterocycles. The van der Waals surface area contributed by atoms with Gasteiger partial charge in [0.1, 0.15) is 12.5 Å². The van der Waals surface area contributed by atoms with Crippen LogP contribution >= 0.6 is 0 Å². The number of nitrogens with two attached hydrogens (primary N) is 1. The van der Waals surface area contributed by atoms with Crippen molar-refractivity contribution < 1.29 is 10.2 Å². The van der Waals surface area contributed by atoms with Gasteiger partial charge >= 0.3 is 0 Å². The van der Waals surface area contributed by atoms with Crippen LogP contribution in [0.15, 0.2) is 0 Å². The van der Waals surface area contributed by atoms with Gasteiger partial charge in [-0.2, -0.15) is 0 Å². The van der Waals surface area contributed by atoms with Crippen LogP contribution in [0.2, 0.25) is 0 Å². The number of aliphatic hydroxyl groups excluding tert-OH is 2. The molecule has 2 atom stereocenters. The molecule has 0 radical (unpaired) electrons. The van der Waals surface area contributed by atoms with E-state index in [9.17, 15) is 0 Å². The quantitative estimate of drug-likeness (QED) is 0.286. The zero-order valence-corrected chi connectivity index (χ0v) is 6.75. The minimum absolute atomic E-state index is 0.100. The van der Waals surface area contributed by atoms with Gasteiger partial charge in [-0.3, -0.25) is 5.32 Å². The lowest BCUT2D eigenvalue weighted by atomic mass is 10.4. The molecule has 5 nitrogen and oxygen atoms in total. The van der Waals surface area contributed by atoms with Gasteiger partial charge in [0.05, 0.1) is 0 Å². The lowest BCUT2D eigenvalue weighted by Crippen LogP contribution is -2.47. The summed E-state index contributed by atoms with van der Waals surface area (Å²) in [6.45, 7) is 3.24. The third kappa shape index (κ3) is 6.21. The Kier molecular flexibility index (Phi) is 6.39. The van der Waals surface area contributed by atoms with Crippen LogP contribution in [0.5, 0.6) is 0 Å². The summed E-state index contributed by atoms with van der Waals surface area (Å²) >= 11 is 0. The van der Waals surface area contributed by atoms with Gasteiger partial charge < -0.3 is 21.3 Å². The number of aliphatic hydroxyl groups is 2. The number of likely N-dealkylation sites (N-methyl/N-ethyl adjacent to an activating group) is 1. The Morgan fingerprint density at radius 1 is 1.36 bits per heavy atom. The van der Waals surface area contributed by atoms with Crippen LogP contribution in [-0.4, -0.2) is 42.3 Å². The van der Waals surface area contributed by atoms with Crippen molar-refractivity contribution in [3.05, 3.63) is 0 Å². The van der Waals surface area contributed by atoms with Gasteiger partial charge in [-0.05, 0) is 6.54 Å². The third-order valence-electron chi connectivity index (χ3n) is 1.20. The summed E-state index contributed by atoms with van der Waals surface area (Å²) in [6.07, 6.45) is -1.57. The Morgan fingerprint density at radius 2 is 2.00 bits per heavy atom. The van der Waals surface area contributed by atoms with Crippen molar-refractivity contribution in [3.8, 4) is 0 Å². The second kappa shape index (κ2) is 6.51. The summed E-state index contributed by atoms with van der Waals surface area (Å²) in [5.74, 6) is 0. The third-order valence-corrected chi connectivity index (χ3v) is 1.20. The van der Waals surface area contributed by atoms with E-state index in [-0.39, 0.29) is 6.54 Å². The first-order valence-electron chi connectivity index (χ1n) is 3.73. The van der Waals surface area contributed by atoms with Gasteiger partial charge in [-0.15, -0.1) is 0 Å². The Bertz CT molecular complexity index is 91.9. The predicted molar refractivity (Wildman–Crippen MR) is 42.7 cm³/mol. The molecule has 0 aromatic carbocycles. The van der Waals surface area contributed by atoms with Crippen LogP contribution in [0.4, 0.5) is 0 Å². The van der Waals surface area contributed by atoms with Gasteiger partial charge in [-0.1, -0.05) is 6.92 Å². The van der Waals surface area contributed by atoms with E-state index in [0.717, 1.165) is 6.54 Å². The summed E-state index contributed by atoms with van der Waals surface area (Å²) in [7, 11) is 0. The van der Waals surface area contributed by atoms with Crippen LogP contribution < -0.4 is 16.4 Å². The average Bonchev–Trinajstić information content (AvgIpc) is 2.00. The highest BCUT2D eigenvalue weighted by atomic mass is 16.3. The fraction of sp³-hybridized carbons (Fsp3) is 1.00. The van der Waals surface area contributed by atoms with E-state index >= 15 is 0 Å². The van der Waals surface area contributed by atoms with E-state index in [0.29, 0.717) is 6.54 Å². The van der Waals surface area contributed by atoms with Crippen LogP contribution in [0.25, 0.3) is 0 Å². The first-order valence-corrected chi connectivity index (χ1v) is 3.73. The van der Waals surface area contributed by atoms with Crippen molar-refractivity contribution in [3.63, 3.8) is 0 Å². The highest BCUT2D eigenvalue weighted by Crippen LogP contribution is 1.77. The Balaban J connectivity index is 3.27. The normalized spacial score (nSPS) is 16.4. The molecule has 0 heterocycles. The van der Waals surface area contributed by atoms with Gasteiger partial charge in [0.25, 0.3) is 0 Å². The number of hydrogen-bond donors (Lipinski definition) is 5. The largest absolute Gasteiger partial charge is 0.377 e. The van der Waals surface area contributed by atoms with Crippen molar-refractivity contribution >= 4 is 0 Å². The summed E-state index contributed by atoms with van der Waals surface area (Å²) in [4.78, 5) is 0. The first-order chi connectivity index (χ1) is 5.20. The van der Waals surface area contributed by atoms with Crippen LogP contribution in [-0.2, 0) is 0 Å². The van der Waals surface area contributed by atoms with E-state index in [1.807, 2.05) is 6.92 Å². The first kappa shape index (κ1) is 10.8. The number of nitrogens with one attached hydrogen (secondary N) is 2. The van der Waals surface area contributed by atoms with E-state index in [2.05, 4.69) is 10.6 Å². The molecule has 0 saturated heterocycles. The molecule has 11 heavy (non-hydrogen) atoms. The Hall–Kier alpha value is -0.200. The second-order valence-corrected chi connectivity index (χ2v) is 2.24. The maximum absolute atomic E-state index is 9.09. The zero-order chi connectivity index (χ0) is 8.69. The predicted octanol–water partition coefficient (Wildman–Crippen LogP) is -2.22. The van der Waals surface area contributed by atoms with Crippen molar-refractivity contribution in [1.82, 2.24) is 10.6 Å². The van der Waals surface area contributed by atoms with Gasteiger partial charge in [0, 0.05) is 13.1 Å². The molecule has 0 aliphatic rings. The van der Waals surface area contributed by atoms with Gasteiger partial charge in [-0.25, -0.2) is 0 Å². The van der Waals surface area contributed by atoms with Crippen molar-refractivity contribution in [2.24, 2.45) is 5.73 Å². The molecule has 0 amide bonds. The molecular formula is C6H17N3O2. The second-order valence-electron chi connectivity index (χ2n) is 2.24. The molecular weight excluding hydrogens is 146 g/mol. The molecule has 0 saturated carbocycles. The van der Waals surface area contributed by atoms with Crippen LogP contribution in [0, 0.1) is 0 Å². The molecule has 68 valence electrons. The van der Waals surface area contributed by atoms with E-state index in [4.69, 9.17) is 15.9 Å². The lowest BCUT2D eigenvalue weighted by Gasteiger charge is -2.16. The zero-order valence-electron chi connectivity index (χ0n) is 6.75.